The van der Waals surface area contributed by atoms with E-state index in [1.54, 1.807) is 24.5 Å². The van der Waals surface area contributed by atoms with Crippen molar-refractivity contribution in [3.8, 4) is 0 Å². The highest BCUT2D eigenvalue weighted by atomic mass is 32.2. The van der Waals surface area contributed by atoms with Crippen LogP contribution in [0.4, 0.5) is 4.39 Å². The number of thioether (sulfide) groups is 1. The largest absolute Gasteiger partial charge is 0.339 e. The zero-order chi connectivity index (χ0) is 21.9. The Balaban J connectivity index is 1.39. The van der Waals surface area contributed by atoms with Crippen molar-refractivity contribution >= 4 is 28.7 Å². The summed E-state index contributed by atoms with van der Waals surface area (Å²) < 4.78 is 16.2. The van der Waals surface area contributed by atoms with E-state index in [0.717, 1.165) is 53.2 Å². The number of aromatic nitrogens is 3. The molecule has 0 radical (unpaired) electrons. The number of fused-ring (bicyclic) bond motifs is 1. The van der Waals surface area contributed by atoms with Crippen LogP contribution in [0, 0.1) is 5.82 Å². The minimum atomic E-state index is -0.206. The maximum Gasteiger partial charge on any atom is 0.253 e. The second-order valence-corrected chi connectivity index (χ2v) is 8.86. The maximum absolute atomic E-state index is 14.1. The smallest absolute Gasteiger partial charge is 0.253 e. The number of halogens is 1. The molecule has 0 unspecified atom stereocenters. The molecule has 2 aromatic carbocycles. The number of hydrogen-bond acceptors (Lipinski definition) is 4. The molecular formula is C25H23FN4OS. The maximum atomic E-state index is 14.1. The second-order valence-electron chi connectivity index (χ2n) is 7.92. The second kappa shape index (κ2) is 9.12. The van der Waals surface area contributed by atoms with E-state index < -0.39 is 0 Å². The van der Waals surface area contributed by atoms with Gasteiger partial charge in [-0.25, -0.2) is 9.37 Å². The highest BCUT2D eigenvalue weighted by molar-refractivity contribution is 7.98. The van der Waals surface area contributed by atoms with Gasteiger partial charge in [-0.15, -0.1) is 0 Å². The zero-order valence-electron chi connectivity index (χ0n) is 17.6. The van der Waals surface area contributed by atoms with Crippen LogP contribution < -0.4 is 0 Å². The van der Waals surface area contributed by atoms with Crippen LogP contribution >= 0.6 is 11.8 Å². The van der Waals surface area contributed by atoms with E-state index >= 15 is 0 Å². The Morgan fingerprint density at radius 1 is 1.03 bits per heavy atom. The molecule has 0 bridgehead atoms. The third-order valence-corrected chi connectivity index (χ3v) is 6.79. The number of hydrogen-bond donors (Lipinski definition) is 0. The van der Waals surface area contributed by atoms with Gasteiger partial charge in [0.2, 0.25) is 0 Å². The lowest BCUT2D eigenvalue weighted by Crippen LogP contribution is -2.27. The van der Waals surface area contributed by atoms with Crippen LogP contribution in [0.1, 0.15) is 34.3 Å². The molecule has 1 fully saturated rings. The van der Waals surface area contributed by atoms with Crippen molar-refractivity contribution in [1.29, 1.82) is 0 Å². The average molecular weight is 447 g/mol. The monoisotopic (exact) mass is 446 g/mol. The number of pyridine rings is 1. The first-order chi connectivity index (χ1) is 15.7. The molecule has 1 amide bonds. The van der Waals surface area contributed by atoms with Gasteiger partial charge in [0.25, 0.3) is 5.91 Å². The topological polar surface area (TPSA) is 51.0 Å². The van der Waals surface area contributed by atoms with Crippen LogP contribution in [0.25, 0.3) is 11.0 Å². The first-order valence-electron chi connectivity index (χ1n) is 10.7. The minimum Gasteiger partial charge on any atom is -0.339 e. The summed E-state index contributed by atoms with van der Waals surface area (Å²) in [5.41, 5.74) is 4.23. The van der Waals surface area contributed by atoms with Crippen molar-refractivity contribution in [3.05, 3.63) is 89.5 Å². The Morgan fingerprint density at radius 3 is 2.59 bits per heavy atom. The van der Waals surface area contributed by atoms with Gasteiger partial charge in [0.15, 0.2) is 5.16 Å². The van der Waals surface area contributed by atoms with E-state index in [1.807, 2.05) is 41.3 Å². The predicted molar refractivity (Wildman–Crippen MR) is 124 cm³/mol. The summed E-state index contributed by atoms with van der Waals surface area (Å²) in [5, 5.41) is 0.813. The van der Waals surface area contributed by atoms with E-state index in [-0.39, 0.29) is 11.7 Å². The van der Waals surface area contributed by atoms with E-state index in [2.05, 4.69) is 9.55 Å². The number of rotatable bonds is 6. The molecule has 5 rings (SSSR count). The van der Waals surface area contributed by atoms with Gasteiger partial charge in [-0.05, 0) is 48.2 Å². The van der Waals surface area contributed by atoms with E-state index in [9.17, 15) is 9.18 Å². The summed E-state index contributed by atoms with van der Waals surface area (Å²) in [6.45, 7) is 2.29. The van der Waals surface area contributed by atoms with Crippen molar-refractivity contribution in [2.24, 2.45) is 0 Å². The molecule has 1 aliphatic rings. The van der Waals surface area contributed by atoms with Crippen molar-refractivity contribution in [3.63, 3.8) is 0 Å². The number of amides is 1. The Morgan fingerprint density at radius 2 is 1.81 bits per heavy atom. The van der Waals surface area contributed by atoms with Gasteiger partial charge in [-0.3, -0.25) is 9.78 Å². The lowest BCUT2D eigenvalue weighted by atomic mass is 10.1. The molecule has 1 aliphatic heterocycles. The lowest BCUT2D eigenvalue weighted by molar-refractivity contribution is 0.0793. The van der Waals surface area contributed by atoms with Crippen LogP contribution in [0.15, 0.2) is 72.1 Å². The van der Waals surface area contributed by atoms with Crippen molar-refractivity contribution in [2.45, 2.75) is 30.3 Å². The number of carbonyl (C=O) groups excluding carboxylic acids is 1. The molecule has 7 heteroatoms. The number of likely N-dealkylation sites (tertiary alicyclic amines) is 1. The molecule has 3 heterocycles. The van der Waals surface area contributed by atoms with E-state index in [0.29, 0.717) is 17.9 Å². The van der Waals surface area contributed by atoms with Gasteiger partial charge in [-0.1, -0.05) is 42.1 Å². The summed E-state index contributed by atoms with van der Waals surface area (Å²) >= 11 is 1.51. The molecule has 5 nitrogen and oxygen atoms in total. The van der Waals surface area contributed by atoms with Gasteiger partial charge >= 0.3 is 0 Å². The van der Waals surface area contributed by atoms with E-state index in [4.69, 9.17) is 4.98 Å². The molecule has 0 N–H and O–H groups in total. The summed E-state index contributed by atoms with van der Waals surface area (Å²) in [7, 11) is 0. The zero-order valence-corrected chi connectivity index (χ0v) is 18.4. The molecule has 32 heavy (non-hydrogen) atoms. The van der Waals surface area contributed by atoms with Crippen molar-refractivity contribution < 1.29 is 9.18 Å². The Bertz CT molecular complexity index is 1250. The molecule has 0 spiro atoms. The van der Waals surface area contributed by atoms with Crippen LogP contribution in [0.2, 0.25) is 0 Å². The third-order valence-electron chi connectivity index (χ3n) is 5.76. The quantitative estimate of drug-likeness (QED) is 0.385. The van der Waals surface area contributed by atoms with E-state index in [1.165, 1.54) is 17.8 Å². The fraction of sp³-hybridized carbons (Fsp3) is 0.240. The van der Waals surface area contributed by atoms with Crippen molar-refractivity contribution in [1.82, 2.24) is 19.4 Å². The third kappa shape index (κ3) is 4.25. The minimum absolute atomic E-state index is 0.104. The highest BCUT2D eigenvalue weighted by Gasteiger charge is 2.19. The standard InChI is InChI=1S/C25H23FN4OS/c26-21-6-2-1-5-20(21)17-32-25-28-22-11-12-27-15-23(22)30(25)16-18-7-9-19(10-8-18)24(31)29-13-3-4-14-29/h1-2,5-12,15H,3-4,13-14,16-17H2. The molecule has 0 saturated carbocycles. The van der Waals surface area contributed by atoms with Gasteiger partial charge in [-0.2, -0.15) is 0 Å². The molecule has 0 aliphatic carbocycles. The van der Waals surface area contributed by atoms with Crippen LogP contribution in [-0.2, 0) is 12.3 Å². The number of benzene rings is 2. The summed E-state index contributed by atoms with van der Waals surface area (Å²) in [5.74, 6) is 0.391. The lowest BCUT2D eigenvalue weighted by Gasteiger charge is -2.15. The van der Waals surface area contributed by atoms with Crippen LogP contribution in [0.5, 0.6) is 0 Å². The van der Waals surface area contributed by atoms with Gasteiger partial charge in [0.1, 0.15) is 5.82 Å². The first-order valence-corrected chi connectivity index (χ1v) is 11.7. The van der Waals surface area contributed by atoms with Crippen LogP contribution in [-0.4, -0.2) is 38.4 Å². The molecule has 1 saturated heterocycles. The Hall–Kier alpha value is -3.19. The van der Waals surface area contributed by atoms with Gasteiger partial charge in [0, 0.05) is 30.6 Å². The fourth-order valence-corrected chi connectivity index (χ4v) is 5.01. The molecular weight excluding hydrogens is 423 g/mol. The van der Waals surface area contributed by atoms with Gasteiger partial charge < -0.3 is 9.47 Å². The number of carbonyl (C=O) groups is 1. The molecule has 4 aromatic rings. The Labute approximate surface area is 190 Å². The number of nitrogens with zero attached hydrogens (tertiary/aromatic N) is 4. The Kier molecular flexibility index (Phi) is 5.90. The molecule has 2 aromatic heterocycles. The normalized spacial score (nSPS) is 13.7. The number of imidazole rings is 1. The predicted octanol–water partition coefficient (Wildman–Crippen LogP) is 5.15. The first kappa shape index (κ1) is 20.7. The average Bonchev–Trinajstić information content (AvgIpc) is 3.48. The molecule has 162 valence electrons. The summed E-state index contributed by atoms with van der Waals surface area (Å²) in [6, 6.07) is 16.5. The fourth-order valence-electron chi connectivity index (χ4n) is 4.01. The van der Waals surface area contributed by atoms with Crippen LogP contribution in [0.3, 0.4) is 0 Å². The van der Waals surface area contributed by atoms with Crippen molar-refractivity contribution in [2.75, 3.05) is 13.1 Å². The summed E-state index contributed by atoms with van der Waals surface area (Å²) in [6.07, 6.45) is 5.70. The highest BCUT2D eigenvalue weighted by Crippen LogP contribution is 2.28. The SMILES string of the molecule is O=C(c1ccc(Cn2c(SCc3ccccc3F)nc3ccncc32)cc1)N1CCCC1. The summed E-state index contributed by atoms with van der Waals surface area (Å²) in [4.78, 5) is 23.6. The van der Waals surface area contributed by atoms with Gasteiger partial charge in [0.05, 0.1) is 23.8 Å². The molecule has 0 atom stereocenters.